The molecule has 0 unspecified atom stereocenters. The number of nitrogens with one attached hydrogen (secondary N) is 3. The Hall–Kier alpha value is -2.89. The number of rotatable bonds is 6. The number of hydrogen-bond donors (Lipinski definition) is 3. The third-order valence-corrected chi connectivity index (χ3v) is 4.89. The minimum Gasteiger partial charge on any atom is -0.340 e. The maximum atomic E-state index is 12.8. The van der Waals surface area contributed by atoms with Crippen molar-refractivity contribution in [3.63, 3.8) is 0 Å². The zero-order valence-corrected chi connectivity index (χ0v) is 17.5. The fraction of sp³-hybridized carbons (Fsp3) is 0.136. The minimum absolute atomic E-state index is 0.0970. The number of aromatic nitrogens is 1. The molecule has 0 spiro atoms. The van der Waals surface area contributed by atoms with Crippen LogP contribution in [-0.4, -0.2) is 16.6 Å². The molecule has 0 atom stereocenters. The fourth-order valence-electron chi connectivity index (χ4n) is 2.67. The van der Waals surface area contributed by atoms with Gasteiger partial charge in [0.05, 0.1) is 16.1 Å². The topological polar surface area (TPSA) is 77.9 Å². The predicted molar refractivity (Wildman–Crippen MR) is 120 cm³/mol. The molecule has 7 heteroatoms. The first-order valence-electron chi connectivity index (χ1n) is 9.03. The highest BCUT2D eigenvalue weighted by Crippen LogP contribution is 2.31. The van der Waals surface area contributed by atoms with E-state index in [4.69, 9.17) is 28.6 Å². The minimum atomic E-state index is -0.408. The molecule has 2 aromatic carbocycles. The highest BCUT2D eigenvalue weighted by molar-refractivity contribution is 6.38. The molecule has 0 aliphatic heterocycles. The van der Waals surface area contributed by atoms with Crippen LogP contribution in [-0.2, 0) is 0 Å². The summed E-state index contributed by atoms with van der Waals surface area (Å²) in [4.78, 5) is 17.2. The highest BCUT2D eigenvalue weighted by Gasteiger charge is 2.23. The van der Waals surface area contributed by atoms with Crippen LogP contribution in [0.25, 0.3) is 0 Å². The Labute approximate surface area is 179 Å². The molecule has 0 fully saturated rings. The van der Waals surface area contributed by atoms with Gasteiger partial charge in [0, 0.05) is 28.3 Å². The van der Waals surface area contributed by atoms with E-state index in [2.05, 4.69) is 15.6 Å². The molecule has 1 aromatic heterocycles. The first-order chi connectivity index (χ1) is 13.9. The molecule has 0 bridgehead atoms. The van der Waals surface area contributed by atoms with Crippen molar-refractivity contribution in [2.24, 2.45) is 5.92 Å². The number of benzene rings is 2. The van der Waals surface area contributed by atoms with Crippen LogP contribution in [0.1, 0.15) is 29.8 Å². The summed E-state index contributed by atoms with van der Waals surface area (Å²) in [5.41, 5.74) is 2.30. The van der Waals surface area contributed by atoms with Crippen LogP contribution in [0.3, 0.4) is 0 Å². The van der Waals surface area contributed by atoms with Crippen LogP contribution < -0.4 is 10.6 Å². The van der Waals surface area contributed by atoms with Gasteiger partial charge in [-0.1, -0.05) is 55.2 Å². The Morgan fingerprint density at radius 1 is 1.00 bits per heavy atom. The molecule has 0 saturated carbocycles. The van der Waals surface area contributed by atoms with Crippen LogP contribution in [0.15, 0.2) is 60.8 Å². The molecule has 3 rings (SSSR count). The van der Waals surface area contributed by atoms with Gasteiger partial charge in [0.1, 0.15) is 5.82 Å². The number of pyridine rings is 1. The van der Waals surface area contributed by atoms with E-state index in [0.717, 1.165) is 5.69 Å². The molecular formula is C22H20Cl2N4O. The number of anilines is 3. The van der Waals surface area contributed by atoms with Gasteiger partial charge in [-0.15, -0.1) is 0 Å². The number of para-hydroxylation sites is 1. The summed E-state index contributed by atoms with van der Waals surface area (Å²) in [6, 6.07) is 16.2. The van der Waals surface area contributed by atoms with Gasteiger partial charge in [-0.05, 0) is 42.3 Å². The van der Waals surface area contributed by atoms with Gasteiger partial charge < -0.3 is 16.0 Å². The van der Waals surface area contributed by atoms with Crippen molar-refractivity contribution < 1.29 is 4.79 Å². The predicted octanol–water partition coefficient (Wildman–Crippen LogP) is 6.41. The Morgan fingerprint density at radius 2 is 1.66 bits per heavy atom. The average Bonchev–Trinajstić information content (AvgIpc) is 2.70. The second-order valence-electron chi connectivity index (χ2n) is 6.73. The summed E-state index contributed by atoms with van der Waals surface area (Å²) in [6.45, 7) is 3.79. The van der Waals surface area contributed by atoms with Crippen molar-refractivity contribution in [3.05, 3.63) is 82.0 Å². The van der Waals surface area contributed by atoms with Crippen LogP contribution >= 0.6 is 23.2 Å². The molecule has 3 N–H and O–H groups in total. The molecule has 5 nitrogen and oxygen atoms in total. The number of halogens is 2. The van der Waals surface area contributed by atoms with E-state index in [9.17, 15) is 4.79 Å². The van der Waals surface area contributed by atoms with Gasteiger partial charge in [0.2, 0.25) is 0 Å². The van der Waals surface area contributed by atoms with Crippen LogP contribution in [0.2, 0.25) is 10.0 Å². The van der Waals surface area contributed by atoms with Crippen LogP contribution in [0, 0.1) is 11.3 Å². The molecule has 148 valence electrons. The van der Waals surface area contributed by atoms with Gasteiger partial charge in [-0.2, -0.15) is 0 Å². The van der Waals surface area contributed by atoms with Gasteiger partial charge >= 0.3 is 0 Å². The Morgan fingerprint density at radius 3 is 2.28 bits per heavy atom. The fourth-order valence-corrected chi connectivity index (χ4v) is 3.12. The molecule has 3 aromatic rings. The second kappa shape index (κ2) is 9.07. The molecular weight excluding hydrogens is 407 g/mol. The zero-order valence-electron chi connectivity index (χ0n) is 16.0. The smallest absolute Gasteiger partial charge is 0.258 e. The molecule has 29 heavy (non-hydrogen) atoms. The van der Waals surface area contributed by atoms with Crippen molar-refractivity contribution in [3.8, 4) is 0 Å². The van der Waals surface area contributed by atoms with Gasteiger partial charge in [0.25, 0.3) is 5.91 Å². The molecule has 0 radical (unpaired) electrons. The third-order valence-electron chi connectivity index (χ3n) is 4.25. The van der Waals surface area contributed by atoms with Gasteiger partial charge in [-0.25, -0.2) is 4.98 Å². The molecule has 0 aliphatic rings. The number of hydrogen-bond acceptors (Lipinski definition) is 4. The standard InChI is InChI=1S/C22H20Cl2N4O/c1-13(2)20(25)18-19(24)17(22(29)28-16-10-8-14(23)9-11-16)12-26-21(18)27-15-6-4-3-5-7-15/h3-13,25H,1-2H3,(H,26,27)(H,28,29). The van der Waals surface area contributed by atoms with E-state index in [1.807, 2.05) is 44.2 Å². The van der Waals surface area contributed by atoms with Crippen molar-refractivity contribution in [2.75, 3.05) is 10.6 Å². The van der Waals surface area contributed by atoms with Crippen LogP contribution in [0.5, 0.6) is 0 Å². The monoisotopic (exact) mass is 426 g/mol. The van der Waals surface area contributed by atoms with Crippen molar-refractivity contribution in [1.29, 1.82) is 5.41 Å². The summed E-state index contributed by atoms with van der Waals surface area (Å²) in [7, 11) is 0. The highest BCUT2D eigenvalue weighted by atomic mass is 35.5. The van der Waals surface area contributed by atoms with E-state index < -0.39 is 5.91 Å². The van der Waals surface area contributed by atoms with Crippen molar-refractivity contribution in [1.82, 2.24) is 4.98 Å². The lowest BCUT2D eigenvalue weighted by molar-refractivity contribution is 0.102. The molecule has 0 saturated heterocycles. The SMILES string of the molecule is CC(C)C(=N)c1c(Nc2ccccc2)ncc(C(=O)Nc2ccc(Cl)cc2)c1Cl. The third kappa shape index (κ3) is 4.94. The van der Waals surface area contributed by atoms with Gasteiger partial charge in [0.15, 0.2) is 0 Å². The van der Waals surface area contributed by atoms with Gasteiger partial charge in [-0.3, -0.25) is 4.79 Å². The Kier molecular flexibility index (Phi) is 6.52. The Bertz CT molecular complexity index is 1030. The lowest BCUT2D eigenvalue weighted by atomic mass is 9.98. The molecule has 1 amide bonds. The Balaban J connectivity index is 1.98. The first kappa shape index (κ1) is 20.8. The van der Waals surface area contributed by atoms with Crippen molar-refractivity contribution >= 4 is 52.0 Å². The number of amides is 1. The van der Waals surface area contributed by atoms with E-state index in [0.29, 0.717) is 27.8 Å². The quantitative estimate of drug-likeness (QED) is 0.398. The van der Waals surface area contributed by atoms with E-state index in [1.54, 1.807) is 24.3 Å². The summed E-state index contributed by atoms with van der Waals surface area (Å²) >= 11 is 12.5. The first-order valence-corrected chi connectivity index (χ1v) is 9.78. The summed E-state index contributed by atoms with van der Waals surface area (Å²) in [5.74, 6) is -0.0722. The normalized spacial score (nSPS) is 10.7. The lowest BCUT2D eigenvalue weighted by Gasteiger charge is -2.18. The largest absolute Gasteiger partial charge is 0.340 e. The maximum absolute atomic E-state index is 12.8. The number of carbonyl (C=O) groups is 1. The number of carbonyl (C=O) groups excluding carboxylic acids is 1. The van der Waals surface area contributed by atoms with E-state index in [1.165, 1.54) is 6.20 Å². The zero-order chi connectivity index (χ0) is 21.0. The maximum Gasteiger partial charge on any atom is 0.258 e. The average molecular weight is 427 g/mol. The van der Waals surface area contributed by atoms with E-state index in [-0.39, 0.29) is 16.5 Å². The van der Waals surface area contributed by atoms with E-state index >= 15 is 0 Å². The lowest BCUT2D eigenvalue weighted by Crippen LogP contribution is -2.18. The summed E-state index contributed by atoms with van der Waals surface area (Å²) in [5, 5.41) is 15.2. The second-order valence-corrected chi connectivity index (χ2v) is 7.54. The number of nitrogens with zero attached hydrogens (tertiary/aromatic N) is 1. The van der Waals surface area contributed by atoms with Crippen LogP contribution in [0.4, 0.5) is 17.2 Å². The molecule has 1 heterocycles. The summed E-state index contributed by atoms with van der Waals surface area (Å²) in [6.07, 6.45) is 1.41. The summed E-state index contributed by atoms with van der Waals surface area (Å²) < 4.78 is 0. The molecule has 0 aliphatic carbocycles. The van der Waals surface area contributed by atoms with Crippen molar-refractivity contribution in [2.45, 2.75) is 13.8 Å².